The van der Waals surface area contributed by atoms with E-state index in [4.69, 9.17) is 11.5 Å². The summed E-state index contributed by atoms with van der Waals surface area (Å²) in [5.41, 5.74) is 9.97. The number of anilines is 2. The number of nitrogens with zero attached hydrogens (tertiary/aromatic N) is 3. The number of amides is 1. The van der Waals surface area contributed by atoms with E-state index in [1.54, 1.807) is 6.92 Å². The average Bonchev–Trinajstić information content (AvgIpc) is 2.15. The molecule has 0 bridgehead atoms. The van der Waals surface area contributed by atoms with Crippen molar-refractivity contribution in [1.82, 2.24) is 9.97 Å². The number of hydrogen-bond donors (Lipinski definition) is 3. The number of hydrogen-bond acceptors (Lipinski definition) is 7. The van der Waals surface area contributed by atoms with Crippen LogP contribution in [-0.2, 0) is 4.79 Å². The Labute approximate surface area is 96.4 Å². The van der Waals surface area contributed by atoms with E-state index in [9.17, 15) is 14.9 Å². The minimum absolute atomic E-state index is 0.0288. The van der Waals surface area contributed by atoms with Crippen LogP contribution in [0.5, 0.6) is 0 Å². The zero-order chi connectivity index (χ0) is 13.0. The smallest absolute Gasteiger partial charge is 0.352 e. The second kappa shape index (κ2) is 5.05. The first kappa shape index (κ1) is 12.6. The van der Waals surface area contributed by atoms with Crippen molar-refractivity contribution in [1.29, 1.82) is 0 Å². The number of carbonyl (C=O) groups is 1. The molecule has 0 radical (unpaired) electrons. The van der Waals surface area contributed by atoms with E-state index in [0.717, 1.165) is 6.33 Å². The van der Waals surface area contributed by atoms with Crippen LogP contribution >= 0.6 is 0 Å². The minimum atomic E-state index is -0.686. The van der Waals surface area contributed by atoms with Crippen molar-refractivity contribution in [3.8, 4) is 0 Å². The van der Waals surface area contributed by atoms with Gasteiger partial charge in [0.15, 0.2) is 0 Å². The Morgan fingerprint density at radius 1 is 1.65 bits per heavy atom. The number of rotatable bonds is 5. The molecule has 1 atom stereocenters. The number of nitrogens with one attached hydrogen (secondary N) is 1. The van der Waals surface area contributed by atoms with Gasteiger partial charge in [0.1, 0.15) is 6.33 Å². The number of nitro groups is 1. The van der Waals surface area contributed by atoms with E-state index >= 15 is 0 Å². The zero-order valence-corrected chi connectivity index (χ0v) is 9.08. The lowest BCUT2D eigenvalue weighted by Gasteiger charge is -2.12. The minimum Gasteiger partial charge on any atom is -0.378 e. The van der Waals surface area contributed by atoms with Gasteiger partial charge in [0.25, 0.3) is 0 Å². The van der Waals surface area contributed by atoms with Gasteiger partial charge in [0.2, 0.25) is 17.5 Å². The number of primary amides is 1. The fraction of sp³-hybridized carbons (Fsp3) is 0.375. The molecule has 5 N–H and O–H groups in total. The number of carbonyl (C=O) groups excluding carboxylic acids is 1. The van der Waals surface area contributed by atoms with Crippen LogP contribution in [0.1, 0.15) is 13.3 Å². The van der Waals surface area contributed by atoms with Gasteiger partial charge in [-0.3, -0.25) is 14.9 Å². The second-order valence-corrected chi connectivity index (χ2v) is 3.43. The molecule has 0 saturated carbocycles. The van der Waals surface area contributed by atoms with E-state index in [-0.39, 0.29) is 24.1 Å². The molecule has 17 heavy (non-hydrogen) atoms. The Kier molecular flexibility index (Phi) is 3.75. The van der Waals surface area contributed by atoms with Crippen LogP contribution in [-0.4, -0.2) is 26.8 Å². The Morgan fingerprint density at radius 3 is 2.82 bits per heavy atom. The Bertz CT molecular complexity index is 449. The normalized spacial score (nSPS) is 11.8. The summed E-state index contributed by atoms with van der Waals surface area (Å²) in [7, 11) is 0. The van der Waals surface area contributed by atoms with E-state index < -0.39 is 16.5 Å². The topological polar surface area (TPSA) is 150 Å². The van der Waals surface area contributed by atoms with Crippen LogP contribution in [0.4, 0.5) is 17.3 Å². The molecule has 0 aliphatic rings. The van der Waals surface area contributed by atoms with Gasteiger partial charge in [-0.1, -0.05) is 0 Å². The van der Waals surface area contributed by atoms with Crippen LogP contribution in [0.2, 0.25) is 0 Å². The van der Waals surface area contributed by atoms with E-state index in [0.29, 0.717) is 0 Å². The van der Waals surface area contributed by atoms with Gasteiger partial charge in [-0.25, -0.2) is 9.97 Å². The summed E-state index contributed by atoms with van der Waals surface area (Å²) < 4.78 is 0. The standard InChI is InChI=1S/C8H12N6O3/c1-4(2-5(9)15)13-8-6(14(16)17)7(10)11-3-12-8/h3-4H,2H2,1H3,(H2,9,15)(H3,10,11,12,13). The van der Waals surface area contributed by atoms with Gasteiger partial charge in [-0.2, -0.15) is 0 Å². The van der Waals surface area contributed by atoms with Crippen LogP contribution < -0.4 is 16.8 Å². The van der Waals surface area contributed by atoms with Crippen molar-refractivity contribution in [3.05, 3.63) is 16.4 Å². The highest BCUT2D eigenvalue weighted by molar-refractivity contribution is 5.75. The van der Waals surface area contributed by atoms with Gasteiger partial charge < -0.3 is 16.8 Å². The van der Waals surface area contributed by atoms with E-state index in [1.165, 1.54) is 0 Å². The molecule has 1 unspecified atom stereocenters. The zero-order valence-electron chi connectivity index (χ0n) is 9.08. The quantitative estimate of drug-likeness (QED) is 0.469. The Balaban J connectivity index is 2.94. The Hall–Kier alpha value is -2.45. The van der Waals surface area contributed by atoms with Crippen molar-refractivity contribution in [3.63, 3.8) is 0 Å². The van der Waals surface area contributed by atoms with Crippen molar-refractivity contribution in [2.75, 3.05) is 11.1 Å². The molecule has 0 saturated heterocycles. The third-order valence-electron chi connectivity index (χ3n) is 1.92. The van der Waals surface area contributed by atoms with Gasteiger partial charge in [-0.05, 0) is 6.92 Å². The predicted molar refractivity (Wildman–Crippen MR) is 60.0 cm³/mol. The molecule has 0 aliphatic heterocycles. The summed E-state index contributed by atoms with van der Waals surface area (Å²) in [5, 5.41) is 13.5. The van der Waals surface area contributed by atoms with Crippen LogP contribution in [0, 0.1) is 10.1 Å². The first-order valence-corrected chi connectivity index (χ1v) is 4.71. The van der Waals surface area contributed by atoms with Crippen molar-refractivity contribution in [2.45, 2.75) is 19.4 Å². The number of nitrogens with two attached hydrogens (primary N) is 2. The third-order valence-corrected chi connectivity index (χ3v) is 1.92. The van der Waals surface area contributed by atoms with Crippen molar-refractivity contribution >= 4 is 23.2 Å². The highest BCUT2D eigenvalue weighted by Crippen LogP contribution is 2.26. The lowest BCUT2D eigenvalue weighted by molar-refractivity contribution is -0.383. The van der Waals surface area contributed by atoms with Gasteiger partial charge in [0, 0.05) is 12.5 Å². The van der Waals surface area contributed by atoms with Crippen LogP contribution in [0.15, 0.2) is 6.33 Å². The molecule has 0 fully saturated rings. The molecule has 1 rings (SSSR count). The summed E-state index contributed by atoms with van der Waals surface area (Å²) in [6, 6.07) is -0.388. The average molecular weight is 240 g/mol. The van der Waals surface area contributed by atoms with Crippen molar-refractivity contribution in [2.24, 2.45) is 5.73 Å². The second-order valence-electron chi connectivity index (χ2n) is 3.43. The molecule has 0 spiro atoms. The molecule has 1 amide bonds. The van der Waals surface area contributed by atoms with E-state index in [2.05, 4.69) is 15.3 Å². The lowest BCUT2D eigenvalue weighted by atomic mass is 10.2. The van der Waals surface area contributed by atoms with Gasteiger partial charge >= 0.3 is 5.69 Å². The first-order valence-electron chi connectivity index (χ1n) is 4.71. The van der Waals surface area contributed by atoms with E-state index in [1.807, 2.05) is 0 Å². The maximum Gasteiger partial charge on any atom is 0.352 e. The summed E-state index contributed by atoms with van der Waals surface area (Å²) >= 11 is 0. The molecule has 1 aromatic rings. The summed E-state index contributed by atoms with van der Waals surface area (Å²) in [6.45, 7) is 1.65. The molecule has 1 aromatic heterocycles. The molecule has 0 aromatic carbocycles. The number of aromatic nitrogens is 2. The van der Waals surface area contributed by atoms with Gasteiger partial charge in [0.05, 0.1) is 4.92 Å². The molecule has 9 heteroatoms. The SMILES string of the molecule is CC(CC(N)=O)Nc1ncnc(N)c1[N+](=O)[O-]. The molecule has 92 valence electrons. The lowest BCUT2D eigenvalue weighted by Crippen LogP contribution is -2.25. The Morgan fingerprint density at radius 2 is 2.29 bits per heavy atom. The highest BCUT2D eigenvalue weighted by Gasteiger charge is 2.22. The molecule has 0 aliphatic carbocycles. The summed E-state index contributed by atoms with van der Waals surface area (Å²) in [5.74, 6) is -0.787. The largest absolute Gasteiger partial charge is 0.378 e. The maximum atomic E-state index is 10.8. The molecule has 1 heterocycles. The monoisotopic (exact) mass is 240 g/mol. The maximum absolute atomic E-state index is 10.8. The van der Waals surface area contributed by atoms with Crippen molar-refractivity contribution < 1.29 is 9.72 Å². The summed E-state index contributed by atoms with van der Waals surface area (Å²) in [6.07, 6.45) is 1.13. The fourth-order valence-electron chi connectivity index (χ4n) is 1.26. The van der Waals surface area contributed by atoms with Gasteiger partial charge in [-0.15, -0.1) is 0 Å². The molecular weight excluding hydrogens is 228 g/mol. The first-order chi connectivity index (χ1) is 7.91. The summed E-state index contributed by atoms with van der Waals surface area (Å²) in [4.78, 5) is 28.0. The van der Waals surface area contributed by atoms with Crippen LogP contribution in [0.25, 0.3) is 0 Å². The van der Waals surface area contributed by atoms with Crippen LogP contribution in [0.3, 0.4) is 0 Å². The predicted octanol–water partition coefficient (Wildman–Crippen LogP) is -0.357. The third kappa shape index (κ3) is 3.26. The number of nitrogen functional groups attached to an aromatic ring is 1. The highest BCUT2D eigenvalue weighted by atomic mass is 16.6. The fourth-order valence-corrected chi connectivity index (χ4v) is 1.26. The molecule has 9 nitrogen and oxygen atoms in total. The molecular formula is C8H12N6O3.